The Morgan fingerprint density at radius 1 is 1.67 bits per heavy atom. The van der Waals surface area contributed by atoms with E-state index in [2.05, 4.69) is 45.5 Å². The maximum atomic E-state index is 5.26. The summed E-state index contributed by atoms with van der Waals surface area (Å²) in [4.78, 5) is 1.39. The first-order valence-electron chi connectivity index (χ1n) is 5.18. The SMILES string of the molecule is C#CCCCC(NCC)c1cc(Br)cs1. The maximum Gasteiger partial charge on any atom is 0.0415 e. The summed E-state index contributed by atoms with van der Waals surface area (Å²) >= 11 is 5.28. The van der Waals surface area contributed by atoms with Gasteiger partial charge in [-0.05, 0) is 41.4 Å². The van der Waals surface area contributed by atoms with E-state index in [1.54, 1.807) is 11.3 Å². The zero-order chi connectivity index (χ0) is 11.1. The van der Waals surface area contributed by atoms with Gasteiger partial charge in [0.1, 0.15) is 0 Å². The minimum Gasteiger partial charge on any atom is -0.310 e. The van der Waals surface area contributed by atoms with E-state index in [9.17, 15) is 0 Å². The summed E-state index contributed by atoms with van der Waals surface area (Å²) in [7, 11) is 0. The molecule has 1 aromatic heterocycles. The molecule has 3 heteroatoms. The lowest BCUT2D eigenvalue weighted by Crippen LogP contribution is -2.19. The third kappa shape index (κ3) is 4.38. The molecule has 0 fully saturated rings. The van der Waals surface area contributed by atoms with Gasteiger partial charge in [-0.25, -0.2) is 0 Å². The molecule has 1 aromatic rings. The summed E-state index contributed by atoms with van der Waals surface area (Å²) in [6.45, 7) is 3.13. The number of hydrogen-bond acceptors (Lipinski definition) is 2. The van der Waals surface area contributed by atoms with Gasteiger partial charge in [-0.1, -0.05) is 6.92 Å². The van der Waals surface area contributed by atoms with Crippen LogP contribution in [0.5, 0.6) is 0 Å². The summed E-state index contributed by atoms with van der Waals surface area (Å²) < 4.78 is 1.17. The van der Waals surface area contributed by atoms with E-state index in [0.717, 1.165) is 25.8 Å². The molecule has 0 aromatic carbocycles. The van der Waals surface area contributed by atoms with Crippen LogP contribution >= 0.6 is 27.3 Å². The molecule has 1 nitrogen and oxygen atoms in total. The van der Waals surface area contributed by atoms with E-state index in [-0.39, 0.29) is 0 Å². The second-order valence-corrected chi connectivity index (χ2v) is 5.23. The molecule has 0 radical (unpaired) electrons. The number of hydrogen-bond donors (Lipinski definition) is 1. The molecule has 0 aliphatic rings. The second kappa shape index (κ2) is 7.05. The van der Waals surface area contributed by atoms with Crippen molar-refractivity contribution in [3.8, 4) is 12.3 Å². The third-order valence-electron chi connectivity index (χ3n) is 2.20. The van der Waals surface area contributed by atoms with Crippen molar-refractivity contribution in [3.05, 3.63) is 20.8 Å². The average molecular weight is 286 g/mol. The maximum absolute atomic E-state index is 5.26. The first-order valence-corrected chi connectivity index (χ1v) is 6.86. The quantitative estimate of drug-likeness (QED) is 0.616. The molecule has 0 aliphatic carbocycles. The van der Waals surface area contributed by atoms with Gasteiger partial charge >= 0.3 is 0 Å². The van der Waals surface area contributed by atoms with Crippen molar-refractivity contribution < 1.29 is 0 Å². The van der Waals surface area contributed by atoms with Gasteiger partial charge < -0.3 is 5.32 Å². The predicted octanol–water partition coefficient (Wildman–Crippen LogP) is 3.96. The first kappa shape index (κ1) is 12.8. The lowest BCUT2D eigenvalue weighted by atomic mass is 10.1. The van der Waals surface area contributed by atoms with E-state index in [1.165, 1.54) is 9.35 Å². The van der Waals surface area contributed by atoms with Gasteiger partial charge in [0.2, 0.25) is 0 Å². The fourth-order valence-corrected chi connectivity index (χ4v) is 3.07. The van der Waals surface area contributed by atoms with Gasteiger partial charge in [-0.15, -0.1) is 23.7 Å². The van der Waals surface area contributed by atoms with E-state index in [0.29, 0.717) is 6.04 Å². The average Bonchev–Trinajstić information content (AvgIpc) is 2.64. The predicted molar refractivity (Wildman–Crippen MR) is 71.1 cm³/mol. The Hall–Kier alpha value is -0.300. The smallest absolute Gasteiger partial charge is 0.0415 e. The molecule has 1 heterocycles. The number of unbranched alkanes of at least 4 members (excludes halogenated alkanes) is 1. The Bertz CT molecular complexity index is 327. The molecule has 0 saturated heterocycles. The standard InChI is InChI=1S/C12H16BrNS/c1-3-5-6-7-11(14-4-2)12-8-10(13)9-15-12/h1,8-9,11,14H,4-7H2,2H3. The third-order valence-corrected chi connectivity index (χ3v) is 4.00. The van der Waals surface area contributed by atoms with Crippen molar-refractivity contribution >= 4 is 27.3 Å². The lowest BCUT2D eigenvalue weighted by molar-refractivity contribution is 0.509. The van der Waals surface area contributed by atoms with Gasteiger partial charge in [0.25, 0.3) is 0 Å². The van der Waals surface area contributed by atoms with Gasteiger partial charge in [-0.2, -0.15) is 0 Å². The van der Waals surface area contributed by atoms with Gasteiger partial charge in [0.15, 0.2) is 0 Å². The molecule has 1 unspecified atom stereocenters. The van der Waals surface area contributed by atoms with Crippen molar-refractivity contribution in [1.29, 1.82) is 0 Å². The molecule has 1 rings (SSSR count). The van der Waals surface area contributed by atoms with Gasteiger partial charge in [-0.3, -0.25) is 0 Å². The summed E-state index contributed by atoms with van der Waals surface area (Å²) in [6, 6.07) is 2.65. The summed E-state index contributed by atoms with van der Waals surface area (Å²) in [5, 5.41) is 5.62. The Morgan fingerprint density at radius 3 is 3.00 bits per heavy atom. The molecule has 1 N–H and O–H groups in total. The molecule has 0 bridgehead atoms. The monoisotopic (exact) mass is 285 g/mol. The Morgan fingerprint density at radius 2 is 2.47 bits per heavy atom. The largest absolute Gasteiger partial charge is 0.310 e. The zero-order valence-electron chi connectivity index (χ0n) is 8.92. The van der Waals surface area contributed by atoms with Crippen LogP contribution in [0.4, 0.5) is 0 Å². The highest BCUT2D eigenvalue weighted by molar-refractivity contribution is 9.10. The fourth-order valence-electron chi connectivity index (χ4n) is 1.51. The molecule has 0 amide bonds. The first-order chi connectivity index (χ1) is 7.27. The molecule has 1 atom stereocenters. The fraction of sp³-hybridized carbons (Fsp3) is 0.500. The lowest BCUT2D eigenvalue weighted by Gasteiger charge is -2.15. The van der Waals surface area contributed by atoms with Crippen LogP contribution in [-0.2, 0) is 0 Å². The van der Waals surface area contributed by atoms with Gasteiger partial charge in [0.05, 0.1) is 0 Å². The molecule has 0 saturated carbocycles. The normalized spacial score (nSPS) is 12.3. The van der Waals surface area contributed by atoms with Gasteiger partial charge in [0, 0.05) is 27.2 Å². The molecule has 82 valence electrons. The number of halogens is 1. The van der Waals surface area contributed by atoms with Crippen LogP contribution in [0.15, 0.2) is 15.9 Å². The topological polar surface area (TPSA) is 12.0 Å². The van der Waals surface area contributed by atoms with Crippen LogP contribution in [0.1, 0.15) is 37.1 Å². The Labute approximate surface area is 104 Å². The number of rotatable bonds is 6. The van der Waals surface area contributed by atoms with Crippen LogP contribution in [0, 0.1) is 12.3 Å². The summed E-state index contributed by atoms with van der Waals surface area (Å²) in [6.07, 6.45) is 8.33. The van der Waals surface area contributed by atoms with E-state index in [1.807, 2.05) is 0 Å². The van der Waals surface area contributed by atoms with E-state index < -0.39 is 0 Å². The number of thiophene rings is 1. The highest BCUT2D eigenvalue weighted by atomic mass is 79.9. The molecule has 15 heavy (non-hydrogen) atoms. The molecular weight excluding hydrogens is 270 g/mol. The molecule has 0 aliphatic heterocycles. The summed E-state index contributed by atoms with van der Waals surface area (Å²) in [5.41, 5.74) is 0. The van der Waals surface area contributed by atoms with Crippen molar-refractivity contribution in [2.45, 2.75) is 32.2 Å². The highest BCUT2D eigenvalue weighted by Gasteiger charge is 2.11. The molecular formula is C12H16BrNS. The van der Waals surface area contributed by atoms with Crippen LogP contribution in [0.25, 0.3) is 0 Å². The van der Waals surface area contributed by atoms with Crippen molar-refractivity contribution in [2.24, 2.45) is 0 Å². The number of nitrogens with one attached hydrogen (secondary N) is 1. The highest BCUT2D eigenvalue weighted by Crippen LogP contribution is 2.28. The molecule has 0 spiro atoms. The summed E-state index contributed by atoms with van der Waals surface area (Å²) in [5.74, 6) is 2.69. The van der Waals surface area contributed by atoms with Crippen molar-refractivity contribution in [2.75, 3.05) is 6.54 Å². The second-order valence-electron chi connectivity index (χ2n) is 3.37. The van der Waals surface area contributed by atoms with E-state index in [4.69, 9.17) is 6.42 Å². The zero-order valence-corrected chi connectivity index (χ0v) is 11.3. The van der Waals surface area contributed by atoms with E-state index >= 15 is 0 Å². The Kier molecular flexibility index (Phi) is 6.00. The van der Waals surface area contributed by atoms with Crippen molar-refractivity contribution in [1.82, 2.24) is 5.32 Å². The minimum atomic E-state index is 0.458. The van der Waals surface area contributed by atoms with Crippen LogP contribution < -0.4 is 5.32 Å². The minimum absolute atomic E-state index is 0.458. The Balaban J connectivity index is 2.54. The number of terminal acetylenes is 1. The van der Waals surface area contributed by atoms with Crippen LogP contribution in [0.3, 0.4) is 0 Å². The van der Waals surface area contributed by atoms with Crippen molar-refractivity contribution in [3.63, 3.8) is 0 Å². The van der Waals surface area contributed by atoms with Crippen LogP contribution in [-0.4, -0.2) is 6.54 Å². The van der Waals surface area contributed by atoms with Crippen LogP contribution in [0.2, 0.25) is 0 Å².